The Labute approximate surface area is 216 Å². The van der Waals surface area contributed by atoms with E-state index in [1.54, 1.807) is 19.1 Å². The molecule has 0 unspecified atom stereocenters. The molecule has 36 heavy (non-hydrogen) atoms. The van der Waals surface area contributed by atoms with Gasteiger partial charge in [-0.2, -0.15) is 0 Å². The molecule has 2 heterocycles. The number of benzene rings is 1. The standard InChI is InChI=1S/C26H32ClN5O4/c1-6-17-13-19(25(35)31-22(17)29-16(2)32-9-11-36-12-10-32)24(34)30-21-14-18(7-8-20(21)27)23(33)28-15-26(3,4)5/h6-8,13-14H,2,9-12,15H2,1,3-5H3,(H,28,33)(H,30,34)(H,29,31,35)/b17-6-. The van der Waals surface area contributed by atoms with Crippen LogP contribution >= 0.6 is 11.6 Å². The minimum atomic E-state index is -0.660. The van der Waals surface area contributed by atoms with Gasteiger partial charge in [0, 0.05) is 30.8 Å². The highest BCUT2D eigenvalue weighted by molar-refractivity contribution is 6.35. The van der Waals surface area contributed by atoms with E-state index < -0.39 is 11.8 Å². The number of carbonyl (C=O) groups excluding carboxylic acids is 3. The molecule has 1 aromatic carbocycles. The zero-order valence-electron chi connectivity index (χ0n) is 21.0. The quantitative estimate of drug-likeness (QED) is 0.505. The Morgan fingerprint density at radius 1 is 1.25 bits per heavy atom. The molecule has 0 bridgehead atoms. The highest BCUT2D eigenvalue weighted by atomic mass is 35.5. The van der Waals surface area contributed by atoms with Gasteiger partial charge in [-0.15, -0.1) is 0 Å². The fourth-order valence-corrected chi connectivity index (χ4v) is 3.60. The number of rotatable bonds is 6. The molecule has 2 aliphatic rings. The molecule has 10 heteroatoms. The molecule has 192 valence electrons. The van der Waals surface area contributed by atoms with Gasteiger partial charge in [-0.3, -0.25) is 14.4 Å². The van der Waals surface area contributed by atoms with Crippen LogP contribution in [0, 0.1) is 5.41 Å². The molecule has 0 aliphatic carbocycles. The second kappa shape index (κ2) is 11.5. The average molecular weight is 514 g/mol. The van der Waals surface area contributed by atoms with E-state index in [2.05, 4.69) is 27.5 Å². The van der Waals surface area contributed by atoms with Crippen molar-refractivity contribution in [3.05, 3.63) is 64.5 Å². The number of morpholine rings is 1. The van der Waals surface area contributed by atoms with E-state index in [-0.39, 0.29) is 27.6 Å². The van der Waals surface area contributed by atoms with Crippen molar-refractivity contribution in [2.45, 2.75) is 27.7 Å². The van der Waals surface area contributed by atoms with E-state index >= 15 is 0 Å². The third kappa shape index (κ3) is 7.05. The maximum Gasteiger partial charge on any atom is 0.262 e. The normalized spacial score (nSPS) is 18.5. The van der Waals surface area contributed by atoms with Crippen LogP contribution in [0.2, 0.25) is 5.02 Å². The van der Waals surface area contributed by atoms with E-state index in [0.717, 1.165) is 0 Å². The van der Waals surface area contributed by atoms with Crippen molar-refractivity contribution in [2.75, 3.05) is 38.2 Å². The Hall–Kier alpha value is -3.43. The molecule has 3 rings (SSSR count). The summed E-state index contributed by atoms with van der Waals surface area (Å²) in [5, 5.41) is 8.42. The zero-order chi connectivity index (χ0) is 26.5. The summed E-state index contributed by atoms with van der Waals surface area (Å²) in [4.78, 5) is 44.8. The number of aliphatic imine (C=N–C) groups is 1. The van der Waals surface area contributed by atoms with Crippen LogP contribution < -0.4 is 16.0 Å². The molecule has 3 N–H and O–H groups in total. The van der Waals surface area contributed by atoms with E-state index in [1.807, 2.05) is 25.7 Å². The van der Waals surface area contributed by atoms with Crippen LogP contribution in [-0.4, -0.2) is 61.3 Å². The van der Waals surface area contributed by atoms with E-state index in [9.17, 15) is 14.4 Å². The predicted octanol–water partition coefficient (Wildman–Crippen LogP) is 3.26. The summed E-state index contributed by atoms with van der Waals surface area (Å²) in [7, 11) is 0. The van der Waals surface area contributed by atoms with E-state index in [1.165, 1.54) is 18.2 Å². The molecular weight excluding hydrogens is 482 g/mol. The summed E-state index contributed by atoms with van der Waals surface area (Å²) < 4.78 is 5.34. The highest BCUT2D eigenvalue weighted by Crippen LogP contribution is 2.25. The number of nitrogens with zero attached hydrogens (tertiary/aromatic N) is 2. The maximum absolute atomic E-state index is 13.0. The van der Waals surface area contributed by atoms with Crippen molar-refractivity contribution < 1.29 is 19.1 Å². The van der Waals surface area contributed by atoms with Gasteiger partial charge in [-0.1, -0.05) is 45.0 Å². The van der Waals surface area contributed by atoms with Gasteiger partial charge >= 0.3 is 0 Å². The molecule has 2 aliphatic heterocycles. The number of ether oxygens (including phenoxy) is 1. The van der Waals surface area contributed by atoms with Crippen LogP contribution in [0.4, 0.5) is 5.69 Å². The lowest BCUT2D eigenvalue weighted by Crippen LogP contribution is -2.41. The number of nitrogens with one attached hydrogen (secondary N) is 3. The van der Waals surface area contributed by atoms with Gasteiger partial charge in [0.25, 0.3) is 17.7 Å². The first-order valence-corrected chi connectivity index (χ1v) is 12.1. The summed E-state index contributed by atoms with van der Waals surface area (Å²) in [6, 6.07) is 4.58. The Balaban J connectivity index is 1.76. The van der Waals surface area contributed by atoms with Crippen molar-refractivity contribution in [1.82, 2.24) is 15.5 Å². The first kappa shape index (κ1) is 27.2. The Bertz CT molecular complexity index is 1160. The summed E-state index contributed by atoms with van der Waals surface area (Å²) >= 11 is 6.26. The molecule has 1 fully saturated rings. The molecule has 1 aromatic rings. The van der Waals surface area contributed by atoms with Crippen molar-refractivity contribution in [1.29, 1.82) is 0 Å². The minimum Gasteiger partial charge on any atom is -0.378 e. The maximum atomic E-state index is 13.0. The summed E-state index contributed by atoms with van der Waals surface area (Å²) in [6.45, 7) is 14.8. The molecule has 0 saturated carbocycles. The van der Waals surface area contributed by atoms with Crippen molar-refractivity contribution in [3.8, 4) is 0 Å². The molecule has 0 aromatic heterocycles. The Kier molecular flexibility index (Phi) is 8.70. The van der Waals surface area contributed by atoms with Crippen LogP contribution in [0.15, 0.2) is 58.9 Å². The van der Waals surface area contributed by atoms with Crippen LogP contribution in [0.3, 0.4) is 0 Å². The lowest BCUT2D eigenvalue weighted by molar-refractivity contribution is -0.120. The largest absolute Gasteiger partial charge is 0.378 e. The first-order valence-electron chi connectivity index (χ1n) is 11.7. The number of hydrogen-bond acceptors (Lipinski definition) is 6. The second-order valence-corrected chi connectivity index (χ2v) is 10.0. The molecule has 1 saturated heterocycles. The number of anilines is 1. The smallest absolute Gasteiger partial charge is 0.262 e. The van der Waals surface area contributed by atoms with Crippen LogP contribution in [-0.2, 0) is 14.3 Å². The lowest BCUT2D eigenvalue weighted by Gasteiger charge is -2.29. The minimum absolute atomic E-state index is 0.0822. The van der Waals surface area contributed by atoms with Crippen LogP contribution in [0.5, 0.6) is 0 Å². The monoisotopic (exact) mass is 513 g/mol. The van der Waals surface area contributed by atoms with E-state index in [0.29, 0.717) is 55.6 Å². The lowest BCUT2D eigenvalue weighted by atomic mass is 9.97. The Morgan fingerprint density at radius 3 is 2.58 bits per heavy atom. The zero-order valence-corrected chi connectivity index (χ0v) is 21.8. The number of allylic oxidation sites excluding steroid dienone is 1. The van der Waals surface area contributed by atoms with Gasteiger partial charge in [0.1, 0.15) is 17.2 Å². The van der Waals surface area contributed by atoms with Gasteiger partial charge in [0.05, 0.1) is 23.9 Å². The third-order valence-corrected chi connectivity index (χ3v) is 5.81. The summed E-state index contributed by atoms with van der Waals surface area (Å²) in [5.74, 6) is -0.744. The number of halogens is 1. The van der Waals surface area contributed by atoms with Crippen molar-refractivity contribution in [3.63, 3.8) is 0 Å². The van der Waals surface area contributed by atoms with E-state index in [4.69, 9.17) is 16.3 Å². The molecule has 9 nitrogen and oxygen atoms in total. The fraction of sp³-hybridized carbons (Fsp3) is 0.385. The number of amidine groups is 1. The molecule has 0 radical (unpaired) electrons. The topological polar surface area (TPSA) is 112 Å². The third-order valence-electron chi connectivity index (χ3n) is 5.48. The number of hydrogen-bond donors (Lipinski definition) is 3. The van der Waals surface area contributed by atoms with Gasteiger partial charge in [0.15, 0.2) is 0 Å². The van der Waals surface area contributed by atoms with Crippen LogP contribution in [0.25, 0.3) is 0 Å². The second-order valence-electron chi connectivity index (χ2n) is 9.62. The number of carbonyl (C=O) groups is 3. The summed E-state index contributed by atoms with van der Waals surface area (Å²) in [6.07, 6.45) is 3.21. The average Bonchev–Trinajstić information content (AvgIpc) is 2.84. The molecule has 0 spiro atoms. The Morgan fingerprint density at radius 2 is 1.94 bits per heavy atom. The SMILES string of the molecule is C=C(/N=C1/NC(=O)C(C(=O)Nc2cc(C(=O)NCC(C)(C)C)ccc2Cl)=C/C1=C/C)N1CCOCC1. The number of amides is 3. The highest BCUT2D eigenvalue weighted by Gasteiger charge is 2.27. The molecular formula is C26H32ClN5O4. The van der Waals surface area contributed by atoms with Gasteiger partial charge in [-0.25, -0.2) is 4.99 Å². The molecule has 0 atom stereocenters. The van der Waals surface area contributed by atoms with Gasteiger partial charge < -0.3 is 25.6 Å². The summed E-state index contributed by atoms with van der Waals surface area (Å²) in [5.41, 5.74) is 0.932. The predicted molar refractivity (Wildman–Crippen MR) is 141 cm³/mol. The fourth-order valence-electron chi connectivity index (χ4n) is 3.44. The van der Waals surface area contributed by atoms with Crippen LogP contribution in [0.1, 0.15) is 38.1 Å². The molecule has 3 amide bonds. The van der Waals surface area contributed by atoms with Gasteiger partial charge in [-0.05, 0) is 36.6 Å². The first-order chi connectivity index (χ1) is 17.0. The van der Waals surface area contributed by atoms with Gasteiger partial charge in [0.2, 0.25) is 0 Å². The van der Waals surface area contributed by atoms with Crippen molar-refractivity contribution >= 4 is 40.8 Å². The van der Waals surface area contributed by atoms with Crippen molar-refractivity contribution in [2.24, 2.45) is 10.4 Å².